The Balaban J connectivity index is 2.06. The van der Waals surface area contributed by atoms with Gasteiger partial charge >= 0.3 is 0 Å². The summed E-state index contributed by atoms with van der Waals surface area (Å²) in [5.41, 5.74) is 0.412. The van der Waals surface area contributed by atoms with Crippen molar-refractivity contribution in [1.82, 2.24) is 24.7 Å². The van der Waals surface area contributed by atoms with Gasteiger partial charge in [-0.1, -0.05) is 24.6 Å². The van der Waals surface area contributed by atoms with Gasteiger partial charge in [-0.25, -0.2) is 18.4 Å². The number of benzene rings is 1. The van der Waals surface area contributed by atoms with Gasteiger partial charge in [0.05, 0.1) is 25.3 Å². The normalized spacial score (nSPS) is 14.1. The van der Waals surface area contributed by atoms with Gasteiger partial charge in [0.15, 0.2) is 11.6 Å². The number of anilines is 1. The lowest BCUT2D eigenvalue weighted by Crippen LogP contribution is -2.33. The van der Waals surface area contributed by atoms with E-state index in [0.717, 1.165) is 6.42 Å². The molecule has 202 valence electrons. The first-order valence-electron chi connectivity index (χ1n) is 11.5. The number of sulfonamides is 1. The number of ether oxygens (including phenoxy) is 4. The van der Waals surface area contributed by atoms with Crippen LogP contribution in [0.4, 0.5) is 5.95 Å². The minimum Gasteiger partial charge on any atom is -0.494 e. The number of methoxy groups -OCH3 is 3. The highest BCUT2D eigenvalue weighted by Crippen LogP contribution is 2.36. The van der Waals surface area contributed by atoms with Crippen molar-refractivity contribution in [3.8, 4) is 17.2 Å². The minimum absolute atomic E-state index is 0.0493. The standard InChI is InChI=1S/C23H31ClN6O6S/c1-7-14(2)36-13-19-27-28-23(30(19)20-17(33-4)9-8-10-18(20)34-5)29-37(31,32)15(3)21(35-6)22-25-11-16(24)12-26-22/h8-12,14-15,21H,7,13H2,1-6H3,(H,28,29)/t14-,15?,21?/m0/s1. The fourth-order valence-electron chi connectivity index (χ4n) is 3.46. The van der Waals surface area contributed by atoms with Gasteiger partial charge in [-0.05, 0) is 32.4 Å². The molecule has 0 fully saturated rings. The number of hydrogen-bond acceptors (Lipinski definition) is 10. The summed E-state index contributed by atoms with van der Waals surface area (Å²) in [7, 11) is 0.266. The maximum Gasteiger partial charge on any atom is 0.243 e. The van der Waals surface area contributed by atoms with Crippen molar-refractivity contribution in [1.29, 1.82) is 0 Å². The summed E-state index contributed by atoms with van der Waals surface area (Å²) in [6.07, 6.45) is 2.49. The molecule has 0 saturated carbocycles. The predicted octanol–water partition coefficient (Wildman–Crippen LogP) is 3.56. The third-order valence-electron chi connectivity index (χ3n) is 5.73. The molecule has 0 aliphatic carbocycles. The molecule has 2 unspecified atom stereocenters. The zero-order valence-corrected chi connectivity index (χ0v) is 23.1. The van der Waals surface area contributed by atoms with E-state index in [0.29, 0.717) is 28.0 Å². The van der Waals surface area contributed by atoms with E-state index in [1.807, 2.05) is 13.8 Å². The Kier molecular flexibility index (Phi) is 9.65. The van der Waals surface area contributed by atoms with Crippen LogP contribution in [-0.2, 0) is 26.1 Å². The summed E-state index contributed by atoms with van der Waals surface area (Å²) in [6, 6.07) is 5.19. The lowest BCUT2D eigenvalue weighted by atomic mass is 10.2. The van der Waals surface area contributed by atoms with Gasteiger partial charge in [-0.15, -0.1) is 10.2 Å². The van der Waals surface area contributed by atoms with Gasteiger partial charge in [0.25, 0.3) is 0 Å². The number of halogens is 1. The van der Waals surface area contributed by atoms with Crippen LogP contribution in [-0.4, -0.2) is 65.8 Å². The van der Waals surface area contributed by atoms with Crippen molar-refractivity contribution in [2.45, 2.75) is 51.3 Å². The Bertz CT molecular complexity index is 1270. The van der Waals surface area contributed by atoms with E-state index in [4.69, 9.17) is 30.5 Å². The van der Waals surface area contributed by atoms with E-state index < -0.39 is 21.4 Å². The number of aromatic nitrogens is 5. The van der Waals surface area contributed by atoms with Gasteiger partial charge in [0, 0.05) is 19.5 Å². The van der Waals surface area contributed by atoms with Crippen LogP contribution in [0, 0.1) is 0 Å². The average Bonchev–Trinajstić information content (AvgIpc) is 3.28. The van der Waals surface area contributed by atoms with E-state index in [2.05, 4.69) is 24.9 Å². The second-order valence-corrected chi connectivity index (χ2v) is 10.6. The van der Waals surface area contributed by atoms with Gasteiger partial charge in [0.1, 0.15) is 35.1 Å². The molecule has 12 nitrogen and oxygen atoms in total. The topological polar surface area (TPSA) is 140 Å². The summed E-state index contributed by atoms with van der Waals surface area (Å²) in [4.78, 5) is 8.22. The van der Waals surface area contributed by atoms with E-state index in [9.17, 15) is 8.42 Å². The highest BCUT2D eigenvalue weighted by molar-refractivity contribution is 7.93. The first kappa shape index (κ1) is 28.6. The quantitative estimate of drug-likeness (QED) is 0.333. The van der Waals surface area contributed by atoms with E-state index in [1.165, 1.54) is 45.2 Å². The Morgan fingerprint density at radius 1 is 1.05 bits per heavy atom. The lowest BCUT2D eigenvalue weighted by Gasteiger charge is -2.23. The van der Waals surface area contributed by atoms with Crippen LogP contribution in [0.2, 0.25) is 5.02 Å². The predicted molar refractivity (Wildman–Crippen MR) is 138 cm³/mol. The summed E-state index contributed by atoms with van der Waals surface area (Å²) in [6.45, 7) is 5.47. The van der Waals surface area contributed by atoms with E-state index in [1.54, 1.807) is 18.2 Å². The van der Waals surface area contributed by atoms with Gasteiger partial charge in [0.2, 0.25) is 16.0 Å². The molecule has 0 spiro atoms. The fourth-order valence-corrected chi connectivity index (χ4v) is 4.69. The van der Waals surface area contributed by atoms with Gasteiger partial charge in [-0.3, -0.25) is 9.29 Å². The molecule has 0 aliphatic heterocycles. The summed E-state index contributed by atoms with van der Waals surface area (Å²) >= 11 is 5.87. The molecule has 14 heteroatoms. The zero-order chi connectivity index (χ0) is 27.2. The van der Waals surface area contributed by atoms with Crippen molar-refractivity contribution in [2.75, 3.05) is 26.1 Å². The largest absolute Gasteiger partial charge is 0.494 e. The maximum atomic E-state index is 13.5. The van der Waals surface area contributed by atoms with Crippen molar-refractivity contribution < 1.29 is 27.4 Å². The van der Waals surface area contributed by atoms with Crippen LogP contribution < -0.4 is 14.2 Å². The Morgan fingerprint density at radius 3 is 2.22 bits per heavy atom. The molecule has 2 aromatic heterocycles. The average molecular weight is 555 g/mol. The molecule has 1 aromatic carbocycles. The highest BCUT2D eigenvalue weighted by atomic mass is 35.5. The van der Waals surface area contributed by atoms with Crippen molar-refractivity contribution in [2.24, 2.45) is 0 Å². The second kappa shape index (κ2) is 12.5. The third kappa shape index (κ3) is 6.47. The molecule has 0 saturated heterocycles. The molecule has 0 radical (unpaired) electrons. The van der Waals surface area contributed by atoms with E-state index in [-0.39, 0.29) is 24.5 Å². The van der Waals surface area contributed by atoms with Gasteiger partial charge < -0.3 is 18.9 Å². The smallest absolute Gasteiger partial charge is 0.243 e. The third-order valence-corrected chi connectivity index (χ3v) is 7.61. The van der Waals surface area contributed by atoms with Crippen LogP contribution in [0.25, 0.3) is 5.69 Å². The lowest BCUT2D eigenvalue weighted by molar-refractivity contribution is 0.0459. The van der Waals surface area contributed by atoms with Crippen molar-refractivity contribution in [3.63, 3.8) is 0 Å². The second-order valence-electron chi connectivity index (χ2n) is 8.08. The van der Waals surface area contributed by atoms with Crippen LogP contribution >= 0.6 is 11.6 Å². The number of nitrogens with zero attached hydrogens (tertiary/aromatic N) is 5. The highest BCUT2D eigenvalue weighted by Gasteiger charge is 2.35. The summed E-state index contributed by atoms with van der Waals surface area (Å²) < 4.78 is 53.5. The molecule has 1 N–H and O–H groups in total. The molecule has 3 rings (SSSR count). The Morgan fingerprint density at radius 2 is 1.68 bits per heavy atom. The molecule has 3 atom stereocenters. The number of rotatable bonds is 13. The van der Waals surface area contributed by atoms with Crippen molar-refractivity contribution in [3.05, 3.63) is 47.3 Å². The van der Waals surface area contributed by atoms with E-state index >= 15 is 0 Å². The van der Waals surface area contributed by atoms with Crippen LogP contribution in [0.3, 0.4) is 0 Å². The molecule has 3 aromatic rings. The van der Waals surface area contributed by atoms with Crippen LogP contribution in [0.1, 0.15) is 44.9 Å². The molecular formula is C23H31ClN6O6S. The first-order chi connectivity index (χ1) is 17.7. The van der Waals surface area contributed by atoms with Gasteiger partial charge in [-0.2, -0.15) is 0 Å². The zero-order valence-electron chi connectivity index (χ0n) is 21.5. The van der Waals surface area contributed by atoms with Crippen molar-refractivity contribution >= 4 is 27.6 Å². The molecule has 0 amide bonds. The SMILES string of the molecule is CC[C@H](C)OCc1nnc(NS(=O)(=O)C(C)C(OC)c2ncc(Cl)cn2)n1-c1c(OC)cccc1OC. The minimum atomic E-state index is -4.11. The molecular weight excluding hydrogens is 524 g/mol. The molecule has 0 bridgehead atoms. The molecule has 2 heterocycles. The Labute approximate surface area is 221 Å². The maximum absolute atomic E-state index is 13.5. The first-order valence-corrected chi connectivity index (χ1v) is 13.4. The monoisotopic (exact) mass is 554 g/mol. The number of para-hydroxylation sites is 1. The fraction of sp³-hybridized carbons (Fsp3) is 0.478. The van der Waals surface area contributed by atoms with Crippen LogP contribution in [0.5, 0.6) is 11.5 Å². The Hall–Kier alpha value is -3.00. The molecule has 37 heavy (non-hydrogen) atoms. The molecule has 0 aliphatic rings. The number of hydrogen-bond donors (Lipinski definition) is 1. The van der Waals surface area contributed by atoms with Crippen LogP contribution in [0.15, 0.2) is 30.6 Å². The summed E-state index contributed by atoms with van der Waals surface area (Å²) in [5.74, 6) is 1.27. The number of nitrogens with one attached hydrogen (secondary N) is 1. The summed E-state index contributed by atoms with van der Waals surface area (Å²) in [5, 5.41) is 7.53.